The van der Waals surface area contributed by atoms with Gasteiger partial charge in [0.1, 0.15) is 11.5 Å². The van der Waals surface area contributed by atoms with E-state index in [1.807, 2.05) is 12.3 Å². The van der Waals surface area contributed by atoms with Gasteiger partial charge in [-0.3, -0.25) is 0 Å². The summed E-state index contributed by atoms with van der Waals surface area (Å²) in [4.78, 5) is 4.20. The molecule has 0 aliphatic heterocycles. The predicted octanol–water partition coefficient (Wildman–Crippen LogP) is 2.99. The summed E-state index contributed by atoms with van der Waals surface area (Å²) in [6.45, 7) is 1.93. The van der Waals surface area contributed by atoms with Crippen LogP contribution in [0.4, 0.5) is 4.39 Å². The van der Waals surface area contributed by atoms with E-state index in [9.17, 15) is 4.39 Å². The van der Waals surface area contributed by atoms with Crippen LogP contribution in [-0.2, 0) is 0 Å². The third-order valence-electron chi connectivity index (χ3n) is 1.78. The SMILES string of the molecule is Cc1nc(C#Cc2cccc(F)c2)cs1. The Morgan fingerprint density at radius 1 is 1.33 bits per heavy atom. The Hall–Kier alpha value is -1.66. The highest BCUT2D eigenvalue weighted by molar-refractivity contribution is 7.09. The van der Waals surface area contributed by atoms with Gasteiger partial charge in [-0.1, -0.05) is 12.0 Å². The molecule has 1 nitrogen and oxygen atoms in total. The molecule has 0 fully saturated rings. The number of aromatic nitrogens is 1. The Bertz CT molecular complexity index is 534. The summed E-state index contributed by atoms with van der Waals surface area (Å²) in [6.07, 6.45) is 0. The molecule has 1 heterocycles. The number of halogens is 1. The van der Waals surface area contributed by atoms with E-state index in [2.05, 4.69) is 16.8 Å². The number of benzene rings is 1. The molecule has 15 heavy (non-hydrogen) atoms. The number of hydrogen-bond acceptors (Lipinski definition) is 2. The Balaban J connectivity index is 2.25. The van der Waals surface area contributed by atoms with Gasteiger partial charge in [0.25, 0.3) is 0 Å². The fourth-order valence-electron chi connectivity index (χ4n) is 1.12. The molecule has 0 bridgehead atoms. The minimum atomic E-state index is -0.267. The first kappa shape index (κ1) is 9.88. The van der Waals surface area contributed by atoms with Gasteiger partial charge in [0.05, 0.1) is 5.01 Å². The summed E-state index contributed by atoms with van der Waals surface area (Å²) in [6, 6.07) is 6.23. The summed E-state index contributed by atoms with van der Waals surface area (Å²) in [7, 11) is 0. The smallest absolute Gasteiger partial charge is 0.124 e. The van der Waals surface area contributed by atoms with Crippen molar-refractivity contribution < 1.29 is 4.39 Å². The lowest BCUT2D eigenvalue weighted by molar-refractivity contribution is 0.627. The van der Waals surface area contributed by atoms with Gasteiger partial charge < -0.3 is 0 Å². The molecule has 3 heteroatoms. The van der Waals surface area contributed by atoms with Gasteiger partial charge >= 0.3 is 0 Å². The second kappa shape index (κ2) is 4.24. The zero-order chi connectivity index (χ0) is 10.7. The average Bonchev–Trinajstić information content (AvgIpc) is 2.62. The molecule has 0 aliphatic rings. The van der Waals surface area contributed by atoms with E-state index in [0.717, 1.165) is 10.7 Å². The Morgan fingerprint density at radius 3 is 2.87 bits per heavy atom. The second-order valence-electron chi connectivity index (χ2n) is 3.01. The van der Waals surface area contributed by atoms with E-state index in [1.165, 1.54) is 12.1 Å². The van der Waals surface area contributed by atoms with Gasteiger partial charge in [-0.05, 0) is 31.0 Å². The minimum Gasteiger partial charge on any atom is -0.233 e. The molecule has 0 aliphatic carbocycles. The molecular weight excluding hydrogens is 209 g/mol. The van der Waals surface area contributed by atoms with Crippen LogP contribution < -0.4 is 0 Å². The van der Waals surface area contributed by atoms with Gasteiger partial charge in [-0.2, -0.15) is 0 Å². The Labute approximate surface area is 91.6 Å². The Morgan fingerprint density at radius 2 is 2.20 bits per heavy atom. The number of hydrogen-bond donors (Lipinski definition) is 0. The fraction of sp³-hybridized carbons (Fsp3) is 0.0833. The number of nitrogens with zero attached hydrogens (tertiary/aromatic N) is 1. The first-order valence-corrected chi connectivity index (χ1v) is 5.32. The quantitative estimate of drug-likeness (QED) is 0.618. The first-order chi connectivity index (χ1) is 7.24. The first-order valence-electron chi connectivity index (χ1n) is 4.44. The van der Waals surface area contributed by atoms with Crippen molar-refractivity contribution in [3.63, 3.8) is 0 Å². The van der Waals surface area contributed by atoms with Crippen molar-refractivity contribution in [1.82, 2.24) is 4.98 Å². The van der Waals surface area contributed by atoms with Crippen molar-refractivity contribution in [1.29, 1.82) is 0 Å². The third kappa shape index (κ3) is 2.64. The van der Waals surface area contributed by atoms with Crippen LogP contribution in [0.5, 0.6) is 0 Å². The molecule has 0 saturated heterocycles. The normalized spacial score (nSPS) is 9.47. The van der Waals surface area contributed by atoms with Gasteiger partial charge in [-0.25, -0.2) is 9.37 Å². The molecule has 2 rings (SSSR count). The van der Waals surface area contributed by atoms with E-state index in [0.29, 0.717) is 5.56 Å². The van der Waals surface area contributed by atoms with Crippen LogP contribution >= 0.6 is 11.3 Å². The molecule has 0 amide bonds. The summed E-state index contributed by atoms with van der Waals surface area (Å²) in [5, 5.41) is 2.88. The maximum Gasteiger partial charge on any atom is 0.124 e. The minimum absolute atomic E-state index is 0.267. The summed E-state index contributed by atoms with van der Waals surface area (Å²) < 4.78 is 12.8. The lowest BCUT2D eigenvalue weighted by atomic mass is 10.2. The molecule has 0 unspecified atom stereocenters. The van der Waals surface area contributed by atoms with E-state index in [4.69, 9.17) is 0 Å². The van der Waals surface area contributed by atoms with E-state index < -0.39 is 0 Å². The molecule has 74 valence electrons. The molecule has 0 N–H and O–H groups in total. The molecule has 0 atom stereocenters. The highest BCUT2D eigenvalue weighted by Crippen LogP contribution is 2.07. The van der Waals surface area contributed by atoms with Crippen molar-refractivity contribution in [3.8, 4) is 11.8 Å². The van der Waals surface area contributed by atoms with Crippen LogP contribution in [0.1, 0.15) is 16.3 Å². The van der Waals surface area contributed by atoms with Crippen LogP contribution in [0.15, 0.2) is 29.6 Å². The summed E-state index contributed by atoms with van der Waals surface area (Å²) in [5.41, 5.74) is 1.41. The monoisotopic (exact) mass is 217 g/mol. The largest absolute Gasteiger partial charge is 0.233 e. The van der Waals surface area contributed by atoms with E-state index in [1.54, 1.807) is 23.5 Å². The molecule has 2 aromatic rings. The lowest BCUT2D eigenvalue weighted by Crippen LogP contribution is -1.78. The fourth-order valence-corrected chi connectivity index (χ4v) is 1.67. The zero-order valence-electron chi connectivity index (χ0n) is 8.12. The highest BCUT2D eigenvalue weighted by atomic mass is 32.1. The van der Waals surface area contributed by atoms with E-state index in [-0.39, 0.29) is 5.82 Å². The van der Waals surface area contributed by atoms with Gasteiger partial charge in [0.15, 0.2) is 0 Å². The van der Waals surface area contributed by atoms with Crippen molar-refractivity contribution in [2.75, 3.05) is 0 Å². The van der Waals surface area contributed by atoms with Crippen LogP contribution in [-0.4, -0.2) is 4.98 Å². The van der Waals surface area contributed by atoms with Crippen LogP contribution in [0.25, 0.3) is 0 Å². The number of rotatable bonds is 0. The maximum absolute atomic E-state index is 12.8. The van der Waals surface area contributed by atoms with Crippen LogP contribution in [0.2, 0.25) is 0 Å². The highest BCUT2D eigenvalue weighted by Gasteiger charge is 1.93. The molecular formula is C12H8FNS. The predicted molar refractivity (Wildman–Crippen MR) is 59.2 cm³/mol. The third-order valence-corrected chi connectivity index (χ3v) is 2.55. The van der Waals surface area contributed by atoms with Crippen molar-refractivity contribution in [2.45, 2.75) is 6.92 Å². The Kier molecular flexibility index (Phi) is 2.79. The van der Waals surface area contributed by atoms with Crippen LogP contribution in [0, 0.1) is 24.6 Å². The molecule has 1 aromatic heterocycles. The van der Waals surface area contributed by atoms with Crippen LogP contribution in [0.3, 0.4) is 0 Å². The van der Waals surface area contributed by atoms with Gasteiger partial charge in [0.2, 0.25) is 0 Å². The van der Waals surface area contributed by atoms with Crippen molar-refractivity contribution in [3.05, 3.63) is 51.7 Å². The molecule has 0 spiro atoms. The average molecular weight is 217 g/mol. The molecule has 0 saturated carbocycles. The van der Waals surface area contributed by atoms with Gasteiger partial charge in [-0.15, -0.1) is 11.3 Å². The second-order valence-corrected chi connectivity index (χ2v) is 4.07. The maximum atomic E-state index is 12.8. The van der Waals surface area contributed by atoms with Gasteiger partial charge in [0, 0.05) is 10.9 Å². The number of aryl methyl sites for hydroxylation is 1. The van der Waals surface area contributed by atoms with Crippen molar-refractivity contribution in [2.24, 2.45) is 0 Å². The summed E-state index contributed by atoms with van der Waals surface area (Å²) in [5.74, 6) is 5.49. The topological polar surface area (TPSA) is 12.9 Å². The summed E-state index contributed by atoms with van der Waals surface area (Å²) >= 11 is 1.56. The molecule has 0 radical (unpaired) electrons. The lowest BCUT2D eigenvalue weighted by Gasteiger charge is -1.88. The van der Waals surface area contributed by atoms with Crippen molar-refractivity contribution >= 4 is 11.3 Å². The zero-order valence-corrected chi connectivity index (χ0v) is 8.94. The number of thiazole rings is 1. The molecule has 1 aromatic carbocycles. The van der Waals surface area contributed by atoms with E-state index >= 15 is 0 Å². The standard InChI is InChI=1S/C12H8FNS/c1-9-14-12(8-15-9)6-5-10-3-2-4-11(13)7-10/h2-4,7-8H,1H3.